The summed E-state index contributed by atoms with van der Waals surface area (Å²) in [6.07, 6.45) is 2.51. The molecule has 1 aromatic carbocycles. The van der Waals surface area contributed by atoms with Gasteiger partial charge in [-0.2, -0.15) is 8.78 Å². The molecule has 4 nitrogen and oxygen atoms in total. The fourth-order valence-electron chi connectivity index (χ4n) is 2.42. The molecule has 2 heterocycles. The maximum atomic E-state index is 12.9. The van der Waals surface area contributed by atoms with Crippen molar-refractivity contribution in [2.75, 3.05) is 7.05 Å². The number of carbonyl (C=O) groups excluding carboxylic acids is 1. The molecule has 1 amide bonds. The van der Waals surface area contributed by atoms with Crippen LogP contribution in [0.4, 0.5) is 8.78 Å². The van der Waals surface area contributed by atoms with Gasteiger partial charge >= 0.3 is 6.55 Å². The van der Waals surface area contributed by atoms with E-state index in [1.165, 1.54) is 28.6 Å². The Labute approximate surface area is 142 Å². The van der Waals surface area contributed by atoms with E-state index in [1.807, 2.05) is 41.8 Å². The number of benzene rings is 1. The Bertz CT molecular complexity index is 829. The highest BCUT2D eigenvalue weighted by Crippen LogP contribution is 2.29. The summed E-state index contributed by atoms with van der Waals surface area (Å²) in [6, 6.07) is 11.5. The number of rotatable bonds is 5. The van der Waals surface area contributed by atoms with Crippen LogP contribution in [0.5, 0.6) is 0 Å². The van der Waals surface area contributed by atoms with Crippen LogP contribution in [0.3, 0.4) is 0 Å². The molecule has 0 saturated carbocycles. The number of aromatic nitrogens is 2. The molecule has 0 aliphatic rings. The van der Waals surface area contributed by atoms with Gasteiger partial charge in [0.1, 0.15) is 5.82 Å². The zero-order valence-electron chi connectivity index (χ0n) is 12.9. The molecule has 3 rings (SSSR count). The second-order valence-corrected chi connectivity index (χ2v) is 6.14. The Morgan fingerprint density at radius 2 is 2.04 bits per heavy atom. The summed E-state index contributed by atoms with van der Waals surface area (Å²) in [6.45, 7) is -2.66. The van der Waals surface area contributed by atoms with Crippen LogP contribution in [-0.4, -0.2) is 27.4 Å². The second-order valence-electron chi connectivity index (χ2n) is 5.22. The molecule has 0 unspecified atom stereocenters. The number of carbonyl (C=O) groups is 1. The zero-order valence-corrected chi connectivity index (χ0v) is 13.7. The van der Waals surface area contributed by atoms with Crippen molar-refractivity contribution in [1.82, 2.24) is 14.5 Å². The van der Waals surface area contributed by atoms with E-state index in [-0.39, 0.29) is 18.3 Å². The largest absolute Gasteiger partial charge is 0.334 e. The van der Waals surface area contributed by atoms with Gasteiger partial charge in [0.15, 0.2) is 0 Å². The summed E-state index contributed by atoms with van der Waals surface area (Å²) in [5.41, 5.74) is 1.79. The minimum Gasteiger partial charge on any atom is -0.334 e. The van der Waals surface area contributed by atoms with Crippen molar-refractivity contribution in [1.29, 1.82) is 0 Å². The lowest BCUT2D eigenvalue weighted by Crippen LogP contribution is -2.27. The van der Waals surface area contributed by atoms with Gasteiger partial charge in [0.05, 0.1) is 11.4 Å². The standard InChI is InChI=1S/C17H15F2N3OS/c1-21(11-14-20-8-9-22(14)17(18)19)16(23)15-13(7-10-24-15)12-5-3-2-4-6-12/h2-10,17H,11H2,1H3. The number of imidazole rings is 1. The van der Waals surface area contributed by atoms with Crippen molar-refractivity contribution in [3.05, 3.63) is 64.9 Å². The summed E-state index contributed by atoms with van der Waals surface area (Å²) >= 11 is 1.34. The monoisotopic (exact) mass is 347 g/mol. The summed E-state index contributed by atoms with van der Waals surface area (Å²) in [5.74, 6) is -0.0636. The molecule has 0 spiro atoms. The molecule has 0 bridgehead atoms. The van der Waals surface area contributed by atoms with Crippen LogP contribution in [0, 0.1) is 0 Å². The van der Waals surface area contributed by atoms with Crippen molar-refractivity contribution in [2.45, 2.75) is 13.1 Å². The second kappa shape index (κ2) is 6.92. The minimum absolute atomic E-state index is 0.0162. The molecule has 0 radical (unpaired) electrons. The van der Waals surface area contributed by atoms with Crippen LogP contribution in [0.1, 0.15) is 22.0 Å². The first-order chi connectivity index (χ1) is 11.6. The van der Waals surface area contributed by atoms with E-state index in [4.69, 9.17) is 0 Å². The van der Waals surface area contributed by atoms with Crippen molar-refractivity contribution >= 4 is 17.2 Å². The molecule has 0 fully saturated rings. The van der Waals surface area contributed by atoms with Gasteiger partial charge in [0.25, 0.3) is 5.91 Å². The Hall–Kier alpha value is -2.54. The molecule has 0 atom stereocenters. The summed E-state index contributed by atoms with van der Waals surface area (Å²) in [5, 5.41) is 1.85. The molecule has 0 N–H and O–H groups in total. The third-order valence-corrected chi connectivity index (χ3v) is 4.53. The van der Waals surface area contributed by atoms with Gasteiger partial charge in [0.2, 0.25) is 0 Å². The fourth-order valence-corrected chi connectivity index (χ4v) is 3.33. The third-order valence-electron chi connectivity index (χ3n) is 3.63. The first-order valence-electron chi connectivity index (χ1n) is 7.26. The molecule has 7 heteroatoms. The summed E-state index contributed by atoms with van der Waals surface area (Å²) < 4.78 is 26.5. The van der Waals surface area contributed by atoms with Crippen molar-refractivity contribution in [2.24, 2.45) is 0 Å². The predicted octanol–water partition coefficient (Wildman–Crippen LogP) is 4.28. The number of nitrogens with zero attached hydrogens (tertiary/aromatic N) is 3. The molecule has 0 aliphatic carbocycles. The van der Waals surface area contributed by atoms with Crippen LogP contribution >= 0.6 is 11.3 Å². The number of amides is 1. The van der Waals surface area contributed by atoms with Gasteiger partial charge in [-0.3, -0.25) is 9.36 Å². The lowest BCUT2D eigenvalue weighted by Gasteiger charge is -2.17. The van der Waals surface area contributed by atoms with Gasteiger partial charge < -0.3 is 4.90 Å². The maximum Gasteiger partial charge on any atom is 0.319 e. The smallest absolute Gasteiger partial charge is 0.319 e. The third kappa shape index (κ3) is 3.21. The Morgan fingerprint density at radius 3 is 2.75 bits per heavy atom. The highest BCUT2D eigenvalue weighted by molar-refractivity contribution is 7.12. The number of alkyl halides is 2. The average Bonchev–Trinajstić information content (AvgIpc) is 3.24. The first-order valence-corrected chi connectivity index (χ1v) is 8.14. The average molecular weight is 347 g/mol. The summed E-state index contributed by atoms with van der Waals surface area (Å²) in [4.78, 5) is 18.6. The number of halogens is 2. The first kappa shape index (κ1) is 16.3. The molecule has 0 aliphatic heterocycles. The molecule has 0 saturated heterocycles. The number of hydrogen-bond acceptors (Lipinski definition) is 3. The van der Waals surface area contributed by atoms with E-state index in [1.54, 1.807) is 7.05 Å². The zero-order chi connectivity index (χ0) is 17.1. The normalized spacial score (nSPS) is 11.0. The van der Waals surface area contributed by atoms with E-state index in [0.29, 0.717) is 4.88 Å². The van der Waals surface area contributed by atoms with Crippen LogP contribution in [0.15, 0.2) is 54.2 Å². The van der Waals surface area contributed by atoms with Gasteiger partial charge in [-0.05, 0) is 17.0 Å². The van der Waals surface area contributed by atoms with Crippen LogP contribution in [0.25, 0.3) is 11.1 Å². The highest BCUT2D eigenvalue weighted by atomic mass is 32.1. The van der Waals surface area contributed by atoms with E-state index in [2.05, 4.69) is 4.98 Å². The fraction of sp³-hybridized carbons (Fsp3) is 0.176. The van der Waals surface area contributed by atoms with E-state index >= 15 is 0 Å². The molecular formula is C17H15F2N3OS. The van der Waals surface area contributed by atoms with Gasteiger partial charge in [0, 0.05) is 25.0 Å². The predicted molar refractivity (Wildman–Crippen MR) is 89.0 cm³/mol. The lowest BCUT2D eigenvalue weighted by atomic mass is 10.1. The SMILES string of the molecule is CN(Cc1nccn1C(F)F)C(=O)c1sccc1-c1ccccc1. The maximum absolute atomic E-state index is 12.9. The van der Waals surface area contributed by atoms with Crippen molar-refractivity contribution < 1.29 is 13.6 Å². The molecule has 24 heavy (non-hydrogen) atoms. The lowest BCUT2D eigenvalue weighted by molar-refractivity contribution is 0.0614. The number of hydrogen-bond donors (Lipinski definition) is 0. The Morgan fingerprint density at radius 1 is 1.29 bits per heavy atom. The summed E-state index contributed by atoms with van der Waals surface area (Å²) in [7, 11) is 1.58. The van der Waals surface area contributed by atoms with Gasteiger partial charge in [-0.15, -0.1) is 11.3 Å². The van der Waals surface area contributed by atoms with Crippen LogP contribution in [0.2, 0.25) is 0 Å². The Balaban J connectivity index is 1.82. The molecule has 2 aromatic heterocycles. The number of thiophene rings is 1. The van der Waals surface area contributed by atoms with Crippen LogP contribution in [-0.2, 0) is 6.54 Å². The van der Waals surface area contributed by atoms with Crippen molar-refractivity contribution in [3.8, 4) is 11.1 Å². The molecule has 124 valence electrons. The molecule has 3 aromatic rings. The Kier molecular flexibility index (Phi) is 4.71. The molecular weight excluding hydrogens is 332 g/mol. The van der Waals surface area contributed by atoms with Gasteiger partial charge in [-0.25, -0.2) is 4.98 Å². The van der Waals surface area contributed by atoms with Crippen molar-refractivity contribution in [3.63, 3.8) is 0 Å². The van der Waals surface area contributed by atoms with E-state index in [9.17, 15) is 13.6 Å². The topological polar surface area (TPSA) is 38.1 Å². The minimum atomic E-state index is -2.67. The van der Waals surface area contributed by atoms with E-state index in [0.717, 1.165) is 15.7 Å². The van der Waals surface area contributed by atoms with Gasteiger partial charge in [-0.1, -0.05) is 30.3 Å². The van der Waals surface area contributed by atoms with E-state index < -0.39 is 6.55 Å². The quantitative estimate of drug-likeness (QED) is 0.691. The van der Waals surface area contributed by atoms with Crippen LogP contribution < -0.4 is 0 Å². The highest BCUT2D eigenvalue weighted by Gasteiger charge is 2.21.